The summed E-state index contributed by atoms with van der Waals surface area (Å²) in [5, 5.41) is 2.79. The molecule has 4 rings (SSSR count). The quantitative estimate of drug-likeness (QED) is 0.523. The minimum absolute atomic E-state index is 0.0787. The van der Waals surface area contributed by atoms with Crippen molar-refractivity contribution in [3.8, 4) is 11.4 Å². The Bertz CT molecular complexity index is 1240. The van der Waals surface area contributed by atoms with Crippen LogP contribution in [0.5, 0.6) is 0 Å². The highest BCUT2D eigenvalue weighted by Crippen LogP contribution is 2.33. The molecule has 1 saturated heterocycles. The number of aryl methyl sites for hydroxylation is 1. The average Bonchev–Trinajstić information content (AvgIpc) is 2.83. The standard InChI is InChI=1S/C24H24ClF3N6O2/c1-13-5-6-17(21-29-7-4-8-30-21)20(33-13)23(35)34-12-14(2)36-15(3)19(34)11-32-22-18(25)9-16(10-31-22)24(26,27)28/h4-10,14-15,19H,11-12H2,1-3H3,(H,31,32)/t14-,15+,19-/m1/s1. The number of nitrogens with zero attached hydrogens (tertiary/aromatic N) is 5. The Morgan fingerprint density at radius 3 is 2.61 bits per heavy atom. The zero-order valence-electron chi connectivity index (χ0n) is 19.8. The van der Waals surface area contributed by atoms with Gasteiger partial charge in [0.05, 0.1) is 34.4 Å². The van der Waals surface area contributed by atoms with Crippen molar-refractivity contribution >= 4 is 23.3 Å². The molecule has 0 radical (unpaired) electrons. The highest BCUT2D eigenvalue weighted by Gasteiger charge is 2.38. The molecule has 3 atom stereocenters. The van der Waals surface area contributed by atoms with Gasteiger partial charge in [-0.1, -0.05) is 11.6 Å². The van der Waals surface area contributed by atoms with E-state index in [4.69, 9.17) is 16.3 Å². The van der Waals surface area contributed by atoms with Crippen LogP contribution in [0.4, 0.5) is 19.0 Å². The van der Waals surface area contributed by atoms with E-state index in [0.717, 1.165) is 6.07 Å². The first-order valence-corrected chi connectivity index (χ1v) is 11.6. The molecule has 4 heterocycles. The molecule has 8 nitrogen and oxygen atoms in total. The van der Waals surface area contributed by atoms with Crippen LogP contribution in [0, 0.1) is 6.92 Å². The molecular formula is C24H24ClF3N6O2. The maximum Gasteiger partial charge on any atom is 0.417 e. The number of alkyl halides is 3. The molecule has 0 aromatic carbocycles. The van der Waals surface area contributed by atoms with Gasteiger partial charge in [-0.2, -0.15) is 13.2 Å². The summed E-state index contributed by atoms with van der Waals surface area (Å²) in [7, 11) is 0. The summed E-state index contributed by atoms with van der Waals surface area (Å²) in [4.78, 5) is 32.3. The van der Waals surface area contributed by atoms with E-state index >= 15 is 0 Å². The number of rotatable bonds is 5. The molecule has 1 fully saturated rings. The predicted octanol–water partition coefficient (Wildman–Crippen LogP) is 4.64. The molecule has 12 heteroatoms. The Balaban J connectivity index is 1.62. The summed E-state index contributed by atoms with van der Waals surface area (Å²) in [6.07, 6.45) is -1.30. The van der Waals surface area contributed by atoms with Crippen LogP contribution in [0.3, 0.4) is 0 Å². The number of hydrogen-bond donors (Lipinski definition) is 1. The van der Waals surface area contributed by atoms with Gasteiger partial charge in [-0.3, -0.25) is 4.79 Å². The second-order valence-corrected chi connectivity index (χ2v) is 8.94. The molecular weight excluding hydrogens is 497 g/mol. The summed E-state index contributed by atoms with van der Waals surface area (Å²) in [6, 6.07) is 5.55. The lowest BCUT2D eigenvalue weighted by molar-refractivity contribution is -0.137. The Morgan fingerprint density at radius 1 is 1.22 bits per heavy atom. The molecule has 3 aromatic heterocycles. The highest BCUT2D eigenvalue weighted by molar-refractivity contribution is 6.33. The maximum absolute atomic E-state index is 13.8. The van der Waals surface area contributed by atoms with Crippen molar-refractivity contribution in [3.63, 3.8) is 0 Å². The van der Waals surface area contributed by atoms with Crippen LogP contribution in [0.1, 0.15) is 35.6 Å². The van der Waals surface area contributed by atoms with E-state index in [1.54, 1.807) is 42.4 Å². The fraction of sp³-hybridized carbons (Fsp3) is 0.375. The topological polar surface area (TPSA) is 93.1 Å². The molecule has 3 aromatic rings. The van der Waals surface area contributed by atoms with Crippen LogP contribution in [-0.4, -0.2) is 62.1 Å². The van der Waals surface area contributed by atoms with E-state index in [0.29, 0.717) is 23.3 Å². The van der Waals surface area contributed by atoms with Crippen molar-refractivity contribution in [2.24, 2.45) is 0 Å². The zero-order chi connectivity index (χ0) is 26.0. The lowest BCUT2D eigenvalue weighted by Crippen LogP contribution is -2.58. The van der Waals surface area contributed by atoms with E-state index in [9.17, 15) is 18.0 Å². The van der Waals surface area contributed by atoms with Crippen molar-refractivity contribution < 1.29 is 22.7 Å². The number of aromatic nitrogens is 4. The van der Waals surface area contributed by atoms with Crippen molar-refractivity contribution in [3.05, 3.63) is 64.8 Å². The fourth-order valence-corrected chi connectivity index (χ4v) is 4.31. The SMILES string of the molecule is Cc1ccc(-c2ncccn2)c(C(=O)N2C[C@@H](C)O[C@@H](C)[C@H]2CNc2ncc(C(F)(F)F)cc2Cl)n1. The van der Waals surface area contributed by atoms with E-state index in [1.807, 2.05) is 13.8 Å². The lowest BCUT2D eigenvalue weighted by Gasteiger charge is -2.43. The first-order chi connectivity index (χ1) is 17.0. The van der Waals surface area contributed by atoms with Crippen LogP contribution in [0.2, 0.25) is 5.02 Å². The summed E-state index contributed by atoms with van der Waals surface area (Å²) >= 11 is 6.05. The van der Waals surface area contributed by atoms with E-state index in [1.165, 1.54) is 0 Å². The number of halogens is 4. The van der Waals surface area contributed by atoms with Gasteiger partial charge >= 0.3 is 6.18 Å². The van der Waals surface area contributed by atoms with Gasteiger partial charge in [0.2, 0.25) is 0 Å². The number of anilines is 1. The zero-order valence-corrected chi connectivity index (χ0v) is 20.5. The lowest BCUT2D eigenvalue weighted by atomic mass is 10.0. The first-order valence-electron chi connectivity index (χ1n) is 11.2. The molecule has 1 N–H and O–H groups in total. The van der Waals surface area contributed by atoms with Gasteiger partial charge in [-0.05, 0) is 45.0 Å². The minimum atomic E-state index is -4.55. The van der Waals surface area contributed by atoms with Crippen LogP contribution in [0.15, 0.2) is 42.9 Å². The first kappa shape index (κ1) is 25.8. The number of hydrogen-bond acceptors (Lipinski definition) is 7. The van der Waals surface area contributed by atoms with Gasteiger partial charge in [-0.15, -0.1) is 0 Å². The number of morpholine rings is 1. The van der Waals surface area contributed by atoms with Crippen LogP contribution in [-0.2, 0) is 10.9 Å². The van der Waals surface area contributed by atoms with Crippen molar-refractivity contribution in [2.45, 2.75) is 45.2 Å². The second-order valence-electron chi connectivity index (χ2n) is 8.53. The number of pyridine rings is 2. The molecule has 1 amide bonds. The van der Waals surface area contributed by atoms with Crippen LogP contribution >= 0.6 is 11.6 Å². The number of ether oxygens (including phenoxy) is 1. The normalized spacial score (nSPS) is 20.3. The van der Waals surface area contributed by atoms with Gasteiger partial charge < -0.3 is 15.0 Å². The van der Waals surface area contributed by atoms with E-state index in [2.05, 4.69) is 25.3 Å². The Kier molecular flexibility index (Phi) is 7.41. The number of nitrogens with one attached hydrogen (secondary N) is 1. The smallest absolute Gasteiger partial charge is 0.372 e. The average molecular weight is 521 g/mol. The molecule has 1 aliphatic rings. The third kappa shape index (κ3) is 5.57. The van der Waals surface area contributed by atoms with Crippen molar-refractivity contribution in [2.75, 3.05) is 18.4 Å². The molecule has 0 unspecified atom stereocenters. The van der Waals surface area contributed by atoms with Crippen LogP contribution in [0.25, 0.3) is 11.4 Å². The second kappa shape index (κ2) is 10.4. The van der Waals surface area contributed by atoms with Gasteiger partial charge in [0.15, 0.2) is 5.82 Å². The third-order valence-electron chi connectivity index (χ3n) is 5.79. The van der Waals surface area contributed by atoms with E-state index in [-0.39, 0.29) is 47.7 Å². The summed E-state index contributed by atoms with van der Waals surface area (Å²) < 4.78 is 44.8. The van der Waals surface area contributed by atoms with Crippen molar-refractivity contribution in [1.29, 1.82) is 0 Å². The molecule has 1 aliphatic heterocycles. The minimum Gasteiger partial charge on any atom is -0.372 e. The van der Waals surface area contributed by atoms with E-state index < -0.39 is 17.8 Å². The van der Waals surface area contributed by atoms with Gasteiger partial charge in [0.25, 0.3) is 5.91 Å². The van der Waals surface area contributed by atoms with Crippen LogP contribution < -0.4 is 5.32 Å². The Hall–Kier alpha value is -3.31. The summed E-state index contributed by atoms with van der Waals surface area (Å²) in [6.45, 7) is 5.90. The molecule has 0 bridgehead atoms. The monoisotopic (exact) mass is 520 g/mol. The van der Waals surface area contributed by atoms with Crippen molar-refractivity contribution in [1.82, 2.24) is 24.8 Å². The predicted molar refractivity (Wildman–Crippen MR) is 128 cm³/mol. The number of carbonyl (C=O) groups excluding carboxylic acids is 1. The number of amides is 1. The van der Waals surface area contributed by atoms with Gasteiger partial charge in [-0.25, -0.2) is 19.9 Å². The summed E-state index contributed by atoms with van der Waals surface area (Å²) in [5.74, 6) is 0.120. The molecule has 0 saturated carbocycles. The fourth-order valence-electron chi connectivity index (χ4n) is 4.07. The number of carbonyl (C=O) groups is 1. The van der Waals surface area contributed by atoms with Gasteiger partial charge in [0, 0.05) is 37.4 Å². The molecule has 0 aliphatic carbocycles. The molecule has 190 valence electrons. The Morgan fingerprint density at radius 2 is 1.94 bits per heavy atom. The maximum atomic E-state index is 13.8. The Labute approximate surface area is 210 Å². The summed E-state index contributed by atoms with van der Waals surface area (Å²) in [5.41, 5.74) is 0.414. The third-order valence-corrected chi connectivity index (χ3v) is 6.08. The molecule has 36 heavy (non-hydrogen) atoms. The van der Waals surface area contributed by atoms with Gasteiger partial charge in [0.1, 0.15) is 11.5 Å². The largest absolute Gasteiger partial charge is 0.417 e. The highest BCUT2D eigenvalue weighted by atomic mass is 35.5. The molecule has 0 spiro atoms.